The second-order valence-corrected chi connectivity index (χ2v) is 7.21. The van der Waals surface area contributed by atoms with Crippen molar-refractivity contribution < 1.29 is 4.79 Å². The monoisotopic (exact) mass is 363 g/mol. The van der Waals surface area contributed by atoms with Crippen molar-refractivity contribution >= 4 is 35.1 Å². The number of hydrogen-bond acceptors (Lipinski definition) is 3. The summed E-state index contributed by atoms with van der Waals surface area (Å²) in [7, 11) is 0. The van der Waals surface area contributed by atoms with Gasteiger partial charge in [0.25, 0.3) is 5.91 Å². The lowest BCUT2D eigenvalue weighted by Gasteiger charge is -2.09. The quantitative estimate of drug-likeness (QED) is 0.427. The number of para-hydroxylation sites is 1. The molecular weight excluding hydrogens is 346 g/mol. The fraction of sp³-hybridized carbons (Fsp3) is 0. The Morgan fingerprint density at radius 1 is 0.720 bits per heavy atom. The third-order valence-electron chi connectivity index (χ3n) is 3.27. The van der Waals surface area contributed by atoms with E-state index in [2.05, 4.69) is 5.32 Å². The Morgan fingerprint density at radius 2 is 1.24 bits per heavy atom. The molecule has 1 N–H and O–H groups in total. The molecule has 0 fully saturated rings. The Morgan fingerprint density at radius 3 is 1.84 bits per heavy atom. The van der Waals surface area contributed by atoms with Crippen molar-refractivity contribution in [3.8, 4) is 0 Å². The summed E-state index contributed by atoms with van der Waals surface area (Å²) in [5, 5.41) is 4.87. The van der Waals surface area contributed by atoms with Crippen LogP contribution in [0.4, 0.5) is 5.69 Å². The lowest BCUT2D eigenvalue weighted by atomic mass is 10.3. The Hall–Kier alpha value is -2.43. The third-order valence-corrected chi connectivity index (χ3v) is 5.35. The second kappa shape index (κ2) is 9.16. The molecule has 4 heteroatoms. The van der Waals surface area contributed by atoms with E-state index in [9.17, 15) is 4.79 Å². The van der Waals surface area contributed by atoms with Crippen molar-refractivity contribution in [3.63, 3.8) is 0 Å². The first-order valence-electron chi connectivity index (χ1n) is 7.82. The minimum Gasteiger partial charge on any atom is -0.322 e. The van der Waals surface area contributed by atoms with Crippen LogP contribution in [0.15, 0.2) is 111 Å². The molecule has 25 heavy (non-hydrogen) atoms. The molecule has 0 saturated heterocycles. The highest BCUT2D eigenvalue weighted by atomic mass is 32.2. The molecular formula is C21H17NOS2. The van der Waals surface area contributed by atoms with Crippen LogP contribution < -0.4 is 5.32 Å². The van der Waals surface area contributed by atoms with Crippen molar-refractivity contribution in [2.24, 2.45) is 0 Å². The molecule has 0 heterocycles. The summed E-state index contributed by atoms with van der Waals surface area (Å²) >= 11 is 3.01. The molecule has 2 nitrogen and oxygen atoms in total. The van der Waals surface area contributed by atoms with Gasteiger partial charge in [0.2, 0.25) is 0 Å². The van der Waals surface area contributed by atoms with Crippen LogP contribution in [0.1, 0.15) is 0 Å². The van der Waals surface area contributed by atoms with Gasteiger partial charge in [0.05, 0.1) is 4.91 Å². The summed E-state index contributed by atoms with van der Waals surface area (Å²) < 4.78 is 0. The summed E-state index contributed by atoms with van der Waals surface area (Å²) in [6, 6.07) is 29.4. The SMILES string of the molecule is O=C(Nc1ccccc1)/C(=C\Sc1ccccc1)Sc1ccccc1. The van der Waals surface area contributed by atoms with Crippen LogP contribution in [0.5, 0.6) is 0 Å². The van der Waals surface area contributed by atoms with Gasteiger partial charge in [-0.15, -0.1) is 0 Å². The molecule has 0 spiro atoms. The average molecular weight is 364 g/mol. The van der Waals surface area contributed by atoms with Gasteiger partial charge in [-0.3, -0.25) is 4.79 Å². The first-order valence-corrected chi connectivity index (χ1v) is 9.52. The predicted molar refractivity (Wildman–Crippen MR) is 108 cm³/mol. The van der Waals surface area contributed by atoms with E-state index in [1.165, 1.54) is 11.8 Å². The maximum Gasteiger partial charge on any atom is 0.262 e. The van der Waals surface area contributed by atoms with Crippen LogP contribution in [-0.2, 0) is 4.79 Å². The number of amides is 1. The van der Waals surface area contributed by atoms with E-state index in [-0.39, 0.29) is 5.91 Å². The van der Waals surface area contributed by atoms with E-state index in [0.717, 1.165) is 15.5 Å². The number of rotatable bonds is 6. The lowest BCUT2D eigenvalue weighted by molar-refractivity contribution is -0.112. The predicted octanol–water partition coefficient (Wildman–Crippen LogP) is 6.05. The van der Waals surface area contributed by atoms with E-state index in [0.29, 0.717) is 4.91 Å². The van der Waals surface area contributed by atoms with Crippen LogP contribution in [0.25, 0.3) is 0 Å². The van der Waals surface area contributed by atoms with E-state index < -0.39 is 0 Å². The molecule has 0 aliphatic heterocycles. The van der Waals surface area contributed by atoms with Gasteiger partial charge >= 0.3 is 0 Å². The van der Waals surface area contributed by atoms with Gasteiger partial charge in [-0.1, -0.05) is 78.1 Å². The zero-order chi connectivity index (χ0) is 17.3. The molecule has 0 atom stereocenters. The minimum atomic E-state index is -0.108. The number of anilines is 1. The van der Waals surface area contributed by atoms with Crippen molar-refractivity contribution in [3.05, 3.63) is 101 Å². The molecule has 3 aromatic carbocycles. The normalized spacial score (nSPS) is 11.1. The van der Waals surface area contributed by atoms with Crippen LogP contribution in [-0.4, -0.2) is 5.91 Å². The largest absolute Gasteiger partial charge is 0.322 e. The zero-order valence-electron chi connectivity index (χ0n) is 13.5. The van der Waals surface area contributed by atoms with Crippen LogP contribution in [0.2, 0.25) is 0 Å². The maximum atomic E-state index is 12.7. The number of thioether (sulfide) groups is 2. The molecule has 1 amide bonds. The first kappa shape index (κ1) is 17.4. The van der Waals surface area contributed by atoms with Gasteiger partial charge in [0.1, 0.15) is 0 Å². The molecule has 0 aliphatic rings. The Bertz CT molecular complexity index is 834. The van der Waals surface area contributed by atoms with Gasteiger partial charge in [-0.05, 0) is 41.8 Å². The lowest BCUT2D eigenvalue weighted by Crippen LogP contribution is -2.12. The van der Waals surface area contributed by atoms with Gasteiger partial charge in [-0.25, -0.2) is 0 Å². The van der Waals surface area contributed by atoms with E-state index >= 15 is 0 Å². The topological polar surface area (TPSA) is 29.1 Å². The number of benzene rings is 3. The minimum absolute atomic E-state index is 0.108. The average Bonchev–Trinajstić information content (AvgIpc) is 2.67. The molecule has 0 radical (unpaired) electrons. The van der Waals surface area contributed by atoms with Crippen molar-refractivity contribution in [1.29, 1.82) is 0 Å². The van der Waals surface area contributed by atoms with E-state index in [1.54, 1.807) is 11.8 Å². The summed E-state index contributed by atoms with van der Waals surface area (Å²) in [5.74, 6) is -0.108. The molecule has 0 bridgehead atoms. The number of hydrogen-bond donors (Lipinski definition) is 1. The van der Waals surface area contributed by atoms with Crippen molar-refractivity contribution in [2.45, 2.75) is 9.79 Å². The molecule has 0 aromatic heterocycles. The maximum absolute atomic E-state index is 12.7. The van der Waals surface area contributed by atoms with Crippen molar-refractivity contribution in [2.75, 3.05) is 5.32 Å². The summed E-state index contributed by atoms with van der Waals surface area (Å²) in [5.41, 5.74) is 0.789. The smallest absolute Gasteiger partial charge is 0.262 e. The highest BCUT2D eigenvalue weighted by molar-refractivity contribution is 8.06. The molecule has 3 aromatic rings. The summed E-state index contributed by atoms with van der Waals surface area (Å²) in [4.78, 5) is 15.5. The van der Waals surface area contributed by atoms with Crippen LogP contribution >= 0.6 is 23.5 Å². The Kier molecular flexibility index (Phi) is 6.37. The number of carbonyl (C=O) groups is 1. The van der Waals surface area contributed by atoms with Crippen LogP contribution in [0.3, 0.4) is 0 Å². The van der Waals surface area contributed by atoms with Gasteiger partial charge in [0, 0.05) is 15.5 Å². The molecule has 124 valence electrons. The van der Waals surface area contributed by atoms with Gasteiger partial charge < -0.3 is 5.32 Å². The highest BCUT2D eigenvalue weighted by Gasteiger charge is 2.12. The second-order valence-electron chi connectivity index (χ2n) is 5.15. The number of nitrogens with one attached hydrogen (secondary N) is 1. The summed E-state index contributed by atoms with van der Waals surface area (Å²) in [6.45, 7) is 0. The highest BCUT2D eigenvalue weighted by Crippen LogP contribution is 2.31. The number of carbonyl (C=O) groups excluding carboxylic acids is 1. The molecule has 0 unspecified atom stereocenters. The van der Waals surface area contributed by atoms with Gasteiger partial charge in [-0.2, -0.15) is 0 Å². The Balaban J connectivity index is 1.79. The first-order chi connectivity index (χ1) is 12.3. The van der Waals surface area contributed by atoms with Gasteiger partial charge in [0.15, 0.2) is 0 Å². The summed E-state index contributed by atoms with van der Waals surface area (Å²) in [6.07, 6.45) is 0. The van der Waals surface area contributed by atoms with E-state index in [4.69, 9.17) is 0 Å². The molecule has 3 rings (SSSR count). The van der Waals surface area contributed by atoms with Crippen LogP contribution in [0, 0.1) is 0 Å². The Labute approximate surface area is 156 Å². The molecule has 0 saturated carbocycles. The zero-order valence-corrected chi connectivity index (χ0v) is 15.1. The molecule has 0 aliphatic carbocycles. The standard InChI is InChI=1S/C21H17NOS2/c23-21(22-17-10-4-1-5-11-17)20(25-19-14-8-3-9-15-19)16-24-18-12-6-2-7-13-18/h1-16H,(H,22,23)/b20-16+. The van der Waals surface area contributed by atoms with Crippen molar-refractivity contribution in [1.82, 2.24) is 0 Å². The third kappa shape index (κ3) is 5.55. The fourth-order valence-corrected chi connectivity index (χ4v) is 3.77. The fourth-order valence-electron chi connectivity index (χ4n) is 2.07. The van der Waals surface area contributed by atoms with E-state index in [1.807, 2.05) is 96.4 Å².